The molecule has 1 amide bonds. The molecule has 0 atom stereocenters. The second kappa shape index (κ2) is 10.1. The third kappa shape index (κ3) is 6.20. The smallest absolute Gasteiger partial charge is 0.475 e. The maximum Gasteiger partial charge on any atom is 0.490 e. The number of hydrogen-bond donors (Lipinski definition) is 2. The number of carbonyl (C=O) groups excluding carboxylic acids is 1. The number of nitrogens with zero attached hydrogens (tertiary/aromatic N) is 5. The lowest BCUT2D eigenvalue weighted by molar-refractivity contribution is -0.192. The number of carbonyl (C=O) groups is 2. The van der Waals surface area contributed by atoms with E-state index in [0.29, 0.717) is 10.7 Å². The first-order valence-electron chi connectivity index (χ1n) is 9.26. The molecule has 4 heterocycles. The number of rotatable bonds is 3. The van der Waals surface area contributed by atoms with Gasteiger partial charge in [0.15, 0.2) is 5.01 Å². The van der Waals surface area contributed by atoms with E-state index < -0.39 is 12.1 Å². The summed E-state index contributed by atoms with van der Waals surface area (Å²) >= 11 is 1.46. The molecule has 168 valence electrons. The molecule has 1 aliphatic heterocycles. The van der Waals surface area contributed by atoms with Gasteiger partial charge in [0, 0.05) is 49.4 Å². The van der Waals surface area contributed by atoms with Crippen LogP contribution in [0.2, 0.25) is 0 Å². The van der Waals surface area contributed by atoms with Crippen LogP contribution in [-0.4, -0.2) is 56.2 Å². The van der Waals surface area contributed by atoms with E-state index in [9.17, 15) is 18.0 Å². The molecule has 0 fully saturated rings. The molecule has 0 saturated carbocycles. The number of fused-ring (bicyclic) bond motifs is 1. The molecule has 9 nitrogen and oxygen atoms in total. The van der Waals surface area contributed by atoms with Gasteiger partial charge in [0.25, 0.3) is 5.91 Å². The highest BCUT2D eigenvalue weighted by molar-refractivity contribution is 7.13. The van der Waals surface area contributed by atoms with Crippen LogP contribution in [0.25, 0.3) is 0 Å². The molecule has 4 rings (SSSR count). The molecule has 0 aromatic carbocycles. The highest BCUT2D eigenvalue weighted by Crippen LogP contribution is 2.24. The van der Waals surface area contributed by atoms with E-state index in [1.54, 1.807) is 36.9 Å². The number of amides is 1. The Morgan fingerprint density at radius 3 is 2.41 bits per heavy atom. The van der Waals surface area contributed by atoms with E-state index in [0.717, 1.165) is 42.5 Å². The van der Waals surface area contributed by atoms with Crippen molar-refractivity contribution >= 4 is 34.8 Å². The first-order chi connectivity index (χ1) is 15.2. The van der Waals surface area contributed by atoms with Crippen molar-refractivity contribution in [2.75, 3.05) is 23.3 Å². The Kier molecular flexibility index (Phi) is 7.30. The van der Waals surface area contributed by atoms with E-state index in [2.05, 4.69) is 30.2 Å². The summed E-state index contributed by atoms with van der Waals surface area (Å²) in [6.07, 6.45) is 3.33. The fraction of sp³-hybridized carbons (Fsp3) is 0.263. The Morgan fingerprint density at radius 2 is 1.78 bits per heavy atom. The number of halogens is 3. The minimum absolute atomic E-state index is 0.186. The molecule has 3 aromatic rings. The predicted octanol–water partition coefficient (Wildman–Crippen LogP) is 2.82. The summed E-state index contributed by atoms with van der Waals surface area (Å²) in [6, 6.07) is 5.40. The van der Waals surface area contributed by atoms with Crippen molar-refractivity contribution in [2.45, 2.75) is 19.0 Å². The molecule has 0 bridgehead atoms. The molecule has 0 saturated heterocycles. The number of pyridine rings is 1. The summed E-state index contributed by atoms with van der Waals surface area (Å²) in [5.74, 6) is -2.20. The first kappa shape index (κ1) is 23.1. The summed E-state index contributed by atoms with van der Waals surface area (Å²) in [5.41, 5.74) is 1.67. The lowest BCUT2D eigenvalue weighted by Crippen LogP contribution is -2.27. The monoisotopic (exact) mass is 466 g/mol. The van der Waals surface area contributed by atoms with Gasteiger partial charge < -0.3 is 15.3 Å². The maximum absolute atomic E-state index is 12.4. The molecule has 1 aliphatic rings. The second-order valence-corrected chi connectivity index (χ2v) is 7.51. The van der Waals surface area contributed by atoms with Crippen molar-refractivity contribution in [1.29, 1.82) is 0 Å². The Balaban J connectivity index is 0.000000360. The Hall–Kier alpha value is -3.61. The van der Waals surface area contributed by atoms with Crippen LogP contribution < -0.4 is 10.2 Å². The summed E-state index contributed by atoms with van der Waals surface area (Å²) in [6.45, 7) is 1.62. The first-order valence-corrected chi connectivity index (χ1v) is 10.1. The van der Waals surface area contributed by atoms with E-state index >= 15 is 0 Å². The third-order valence-electron chi connectivity index (χ3n) is 4.20. The third-order valence-corrected chi connectivity index (χ3v) is 5.35. The number of thiazole rings is 1. The number of carboxylic acids is 1. The van der Waals surface area contributed by atoms with Gasteiger partial charge >= 0.3 is 12.1 Å². The predicted molar refractivity (Wildman–Crippen MR) is 110 cm³/mol. The molecule has 0 spiro atoms. The van der Waals surface area contributed by atoms with Crippen LogP contribution in [0.1, 0.15) is 20.4 Å². The summed E-state index contributed by atoms with van der Waals surface area (Å²) in [4.78, 5) is 41.8. The number of aromatic nitrogens is 4. The van der Waals surface area contributed by atoms with Crippen LogP contribution in [0, 0.1) is 0 Å². The molecule has 0 unspecified atom stereocenters. The van der Waals surface area contributed by atoms with E-state index in [-0.39, 0.29) is 5.91 Å². The largest absolute Gasteiger partial charge is 0.490 e. The number of hydrogen-bond acceptors (Lipinski definition) is 8. The number of aliphatic carboxylic acids is 1. The summed E-state index contributed by atoms with van der Waals surface area (Å²) < 4.78 is 31.7. The SMILES string of the molecule is O=C(Nc1cccnc1)c1nc2c(s1)CCN(c1ncccn1)CC2.O=C(O)C(F)(F)F. The molecular formula is C19H17F3N6O3S. The maximum atomic E-state index is 12.4. The number of alkyl halides is 3. The van der Waals surface area contributed by atoms with Crippen molar-refractivity contribution in [1.82, 2.24) is 19.9 Å². The van der Waals surface area contributed by atoms with Crippen LogP contribution in [0.5, 0.6) is 0 Å². The second-order valence-electron chi connectivity index (χ2n) is 6.42. The standard InChI is InChI=1S/C17H16N6OS.C2HF3O2/c24-15(21-12-3-1-6-18-11-12)16-22-13-4-9-23(10-5-14(13)25-16)17-19-7-2-8-20-17;3-2(4,5)1(6)7/h1-3,6-8,11H,4-5,9-10H2,(H,21,24);(H,6,7). The zero-order valence-electron chi connectivity index (χ0n) is 16.4. The summed E-state index contributed by atoms with van der Waals surface area (Å²) in [5, 5.41) is 10.5. The minimum Gasteiger partial charge on any atom is -0.475 e. The van der Waals surface area contributed by atoms with Gasteiger partial charge in [-0.1, -0.05) is 0 Å². The highest BCUT2D eigenvalue weighted by atomic mass is 32.1. The molecule has 2 N–H and O–H groups in total. The van der Waals surface area contributed by atoms with Crippen LogP contribution >= 0.6 is 11.3 Å². The van der Waals surface area contributed by atoms with Gasteiger partial charge in [0.1, 0.15) is 0 Å². The van der Waals surface area contributed by atoms with Gasteiger partial charge in [-0.3, -0.25) is 9.78 Å². The van der Waals surface area contributed by atoms with Crippen molar-refractivity contribution in [3.63, 3.8) is 0 Å². The van der Waals surface area contributed by atoms with Gasteiger partial charge in [0.05, 0.1) is 17.6 Å². The van der Waals surface area contributed by atoms with Crippen LogP contribution in [0.3, 0.4) is 0 Å². The van der Waals surface area contributed by atoms with Gasteiger partial charge in [-0.25, -0.2) is 19.7 Å². The summed E-state index contributed by atoms with van der Waals surface area (Å²) in [7, 11) is 0. The van der Waals surface area contributed by atoms with Crippen molar-refractivity contribution in [3.8, 4) is 0 Å². The van der Waals surface area contributed by atoms with Crippen molar-refractivity contribution < 1.29 is 27.9 Å². The van der Waals surface area contributed by atoms with Crippen molar-refractivity contribution in [3.05, 3.63) is 58.6 Å². The molecule has 32 heavy (non-hydrogen) atoms. The lowest BCUT2D eigenvalue weighted by Gasteiger charge is -2.19. The molecule has 0 radical (unpaired) electrons. The van der Waals surface area contributed by atoms with Crippen LogP contribution in [-0.2, 0) is 17.6 Å². The average molecular weight is 466 g/mol. The minimum atomic E-state index is -5.08. The van der Waals surface area contributed by atoms with Crippen LogP contribution in [0.4, 0.5) is 24.8 Å². The quantitative estimate of drug-likeness (QED) is 0.605. The normalized spacial score (nSPS) is 13.3. The van der Waals surface area contributed by atoms with E-state index in [1.807, 2.05) is 6.07 Å². The van der Waals surface area contributed by atoms with Gasteiger partial charge in [-0.2, -0.15) is 13.2 Å². The van der Waals surface area contributed by atoms with Crippen molar-refractivity contribution in [2.24, 2.45) is 0 Å². The lowest BCUT2D eigenvalue weighted by atomic mass is 10.2. The highest BCUT2D eigenvalue weighted by Gasteiger charge is 2.38. The van der Waals surface area contributed by atoms with Gasteiger partial charge in [-0.05, 0) is 18.2 Å². The molecular weight excluding hydrogens is 449 g/mol. The Labute approximate surface area is 184 Å². The Morgan fingerprint density at radius 1 is 1.09 bits per heavy atom. The molecule has 0 aliphatic carbocycles. The average Bonchev–Trinajstić information content (AvgIpc) is 3.08. The zero-order chi connectivity index (χ0) is 23.1. The molecule has 3 aromatic heterocycles. The molecule has 13 heteroatoms. The number of anilines is 2. The number of nitrogens with one attached hydrogen (secondary N) is 1. The fourth-order valence-electron chi connectivity index (χ4n) is 2.74. The van der Waals surface area contributed by atoms with Crippen LogP contribution in [0.15, 0.2) is 43.0 Å². The van der Waals surface area contributed by atoms with E-state index in [4.69, 9.17) is 9.90 Å². The van der Waals surface area contributed by atoms with Gasteiger partial charge in [0.2, 0.25) is 5.95 Å². The fourth-order valence-corrected chi connectivity index (χ4v) is 3.73. The van der Waals surface area contributed by atoms with Gasteiger partial charge in [-0.15, -0.1) is 11.3 Å². The van der Waals surface area contributed by atoms with E-state index in [1.165, 1.54) is 11.3 Å². The number of carboxylic acid groups (broad SMARTS) is 1. The Bertz CT molecular complexity index is 1040. The zero-order valence-corrected chi connectivity index (χ0v) is 17.2. The topological polar surface area (TPSA) is 121 Å².